The number of hydrogen-bond acceptors (Lipinski definition) is 4. The highest BCUT2D eigenvalue weighted by Crippen LogP contribution is 2.27. The molecule has 1 aromatic rings. The van der Waals surface area contributed by atoms with Gasteiger partial charge in [-0.05, 0) is 19.8 Å². The van der Waals surface area contributed by atoms with Crippen molar-refractivity contribution < 1.29 is 27.5 Å². The molecule has 2 N–H and O–H groups in total. The van der Waals surface area contributed by atoms with Crippen LogP contribution in [0.2, 0.25) is 0 Å². The van der Waals surface area contributed by atoms with Crippen molar-refractivity contribution in [2.24, 2.45) is 0 Å². The third kappa shape index (κ3) is 4.36. The predicted molar refractivity (Wildman–Crippen MR) is 72.7 cm³/mol. The van der Waals surface area contributed by atoms with Crippen LogP contribution >= 0.6 is 0 Å². The number of piperidine rings is 1. The largest absolute Gasteiger partial charge is 0.450 e. The van der Waals surface area contributed by atoms with Gasteiger partial charge in [0, 0.05) is 25.2 Å². The van der Waals surface area contributed by atoms with E-state index >= 15 is 0 Å². The van der Waals surface area contributed by atoms with Crippen molar-refractivity contribution in [3.05, 3.63) is 17.5 Å². The zero-order valence-electron chi connectivity index (χ0n) is 12.4. The second-order valence-electron chi connectivity index (χ2n) is 5.10. The van der Waals surface area contributed by atoms with Crippen LogP contribution in [0.15, 0.2) is 6.07 Å². The van der Waals surface area contributed by atoms with Crippen LogP contribution in [0.5, 0.6) is 0 Å². The SMILES string of the molecule is CCOC(=O)N1CCC(NC(=O)c2cc(C(F)(F)F)[nH]n2)CC1. The molecule has 10 heteroatoms. The van der Waals surface area contributed by atoms with E-state index in [9.17, 15) is 22.8 Å². The number of aromatic nitrogens is 2. The number of halogens is 3. The number of alkyl halides is 3. The molecule has 0 aromatic carbocycles. The Hall–Kier alpha value is -2.26. The van der Waals surface area contributed by atoms with E-state index in [1.165, 1.54) is 4.90 Å². The Morgan fingerprint density at radius 1 is 1.43 bits per heavy atom. The molecule has 0 radical (unpaired) electrons. The first-order chi connectivity index (χ1) is 10.8. The quantitative estimate of drug-likeness (QED) is 0.882. The van der Waals surface area contributed by atoms with Gasteiger partial charge in [-0.15, -0.1) is 0 Å². The second kappa shape index (κ2) is 6.88. The van der Waals surface area contributed by atoms with E-state index in [1.54, 1.807) is 12.0 Å². The zero-order chi connectivity index (χ0) is 17.0. The minimum atomic E-state index is -4.57. The standard InChI is InChI=1S/C13H17F3N4O3/c1-2-23-12(22)20-5-3-8(4-6-20)17-11(21)9-7-10(19-18-9)13(14,15)16/h7-8H,2-6H2,1H3,(H,17,21)(H,18,19). The smallest absolute Gasteiger partial charge is 0.432 e. The van der Waals surface area contributed by atoms with E-state index in [0.29, 0.717) is 32.0 Å². The Balaban J connectivity index is 1.85. The first-order valence-corrected chi connectivity index (χ1v) is 7.16. The summed E-state index contributed by atoms with van der Waals surface area (Å²) in [5.41, 5.74) is -1.38. The molecule has 1 aliphatic heterocycles. The molecular weight excluding hydrogens is 317 g/mol. The van der Waals surface area contributed by atoms with Gasteiger partial charge in [0.2, 0.25) is 0 Å². The van der Waals surface area contributed by atoms with Gasteiger partial charge in [-0.1, -0.05) is 0 Å². The van der Waals surface area contributed by atoms with Gasteiger partial charge in [0.1, 0.15) is 5.69 Å². The number of carbonyl (C=O) groups is 2. The summed E-state index contributed by atoms with van der Waals surface area (Å²) in [4.78, 5) is 25.0. The maximum Gasteiger partial charge on any atom is 0.432 e. The fourth-order valence-corrected chi connectivity index (χ4v) is 2.26. The molecule has 2 heterocycles. The van der Waals surface area contributed by atoms with Crippen molar-refractivity contribution >= 4 is 12.0 Å². The molecule has 0 unspecified atom stereocenters. The molecule has 7 nitrogen and oxygen atoms in total. The van der Waals surface area contributed by atoms with Gasteiger partial charge in [-0.25, -0.2) is 4.79 Å². The minimum Gasteiger partial charge on any atom is -0.450 e. The number of nitrogens with zero attached hydrogens (tertiary/aromatic N) is 2. The van der Waals surface area contributed by atoms with Crippen LogP contribution in [0.25, 0.3) is 0 Å². The van der Waals surface area contributed by atoms with Crippen molar-refractivity contribution in [3.8, 4) is 0 Å². The zero-order valence-corrected chi connectivity index (χ0v) is 12.4. The average molecular weight is 334 g/mol. The molecule has 2 rings (SSSR count). The lowest BCUT2D eigenvalue weighted by Crippen LogP contribution is -2.46. The molecule has 0 spiro atoms. The van der Waals surface area contributed by atoms with Gasteiger partial charge in [0.05, 0.1) is 6.61 Å². The summed E-state index contributed by atoms with van der Waals surface area (Å²) < 4.78 is 42.2. The number of carbonyl (C=O) groups excluding carboxylic acids is 2. The predicted octanol–water partition coefficient (Wildman–Crippen LogP) is 1.78. The van der Waals surface area contributed by atoms with Gasteiger partial charge in [-0.3, -0.25) is 9.89 Å². The number of nitrogens with one attached hydrogen (secondary N) is 2. The van der Waals surface area contributed by atoms with Crippen LogP contribution in [-0.2, 0) is 10.9 Å². The van der Waals surface area contributed by atoms with Crippen molar-refractivity contribution in [3.63, 3.8) is 0 Å². The first kappa shape index (κ1) is 17.1. The Labute approximate surface area is 130 Å². The van der Waals surface area contributed by atoms with E-state index in [4.69, 9.17) is 4.74 Å². The maximum absolute atomic E-state index is 12.5. The minimum absolute atomic E-state index is 0.223. The van der Waals surface area contributed by atoms with E-state index < -0.39 is 23.9 Å². The topological polar surface area (TPSA) is 87.3 Å². The van der Waals surface area contributed by atoms with Gasteiger partial charge >= 0.3 is 12.3 Å². The number of H-pyrrole nitrogens is 1. The Morgan fingerprint density at radius 2 is 2.09 bits per heavy atom. The van der Waals surface area contributed by atoms with Crippen LogP contribution in [0.1, 0.15) is 35.9 Å². The fourth-order valence-electron chi connectivity index (χ4n) is 2.26. The lowest BCUT2D eigenvalue weighted by atomic mass is 10.1. The Morgan fingerprint density at radius 3 is 2.61 bits per heavy atom. The molecule has 128 valence electrons. The normalized spacial score (nSPS) is 16.3. The van der Waals surface area contributed by atoms with Crippen molar-refractivity contribution in [2.75, 3.05) is 19.7 Å². The van der Waals surface area contributed by atoms with Crippen molar-refractivity contribution in [1.29, 1.82) is 0 Å². The molecule has 0 atom stereocenters. The van der Waals surface area contributed by atoms with Gasteiger partial charge in [0.25, 0.3) is 5.91 Å². The fraction of sp³-hybridized carbons (Fsp3) is 0.615. The summed E-state index contributed by atoms with van der Waals surface area (Å²) in [5, 5.41) is 7.79. The van der Waals surface area contributed by atoms with E-state index in [-0.39, 0.29) is 18.3 Å². The van der Waals surface area contributed by atoms with Gasteiger partial charge < -0.3 is 15.0 Å². The van der Waals surface area contributed by atoms with Crippen LogP contribution < -0.4 is 5.32 Å². The summed E-state index contributed by atoms with van der Waals surface area (Å²) in [6.45, 7) is 2.83. The summed E-state index contributed by atoms with van der Waals surface area (Å²) in [5.74, 6) is -0.675. The monoisotopic (exact) mass is 334 g/mol. The third-order valence-electron chi connectivity index (χ3n) is 3.47. The van der Waals surface area contributed by atoms with E-state index in [1.807, 2.05) is 0 Å². The third-order valence-corrected chi connectivity index (χ3v) is 3.47. The highest BCUT2D eigenvalue weighted by Gasteiger charge is 2.34. The summed E-state index contributed by atoms with van der Waals surface area (Å²) in [7, 11) is 0. The summed E-state index contributed by atoms with van der Waals surface area (Å²) >= 11 is 0. The number of rotatable bonds is 3. The molecule has 0 aliphatic carbocycles. The lowest BCUT2D eigenvalue weighted by molar-refractivity contribution is -0.141. The molecule has 1 aromatic heterocycles. The second-order valence-corrected chi connectivity index (χ2v) is 5.10. The molecule has 1 saturated heterocycles. The van der Waals surface area contributed by atoms with E-state index in [0.717, 1.165) is 0 Å². The number of amides is 2. The number of ether oxygens (including phenoxy) is 1. The highest BCUT2D eigenvalue weighted by molar-refractivity contribution is 5.92. The van der Waals surface area contributed by atoms with Crippen LogP contribution in [-0.4, -0.2) is 52.8 Å². The molecular formula is C13H17F3N4O3. The molecule has 1 aliphatic rings. The number of hydrogen-bond donors (Lipinski definition) is 2. The maximum atomic E-state index is 12.5. The first-order valence-electron chi connectivity index (χ1n) is 7.16. The molecule has 23 heavy (non-hydrogen) atoms. The Kier molecular flexibility index (Phi) is 5.12. The summed E-state index contributed by atoms with van der Waals surface area (Å²) in [6, 6.07) is 0.447. The Bertz CT molecular complexity index is 565. The average Bonchev–Trinajstić information content (AvgIpc) is 2.98. The number of likely N-dealkylation sites (tertiary alicyclic amines) is 1. The van der Waals surface area contributed by atoms with Crippen LogP contribution in [0, 0.1) is 0 Å². The number of aromatic amines is 1. The molecule has 1 fully saturated rings. The summed E-state index contributed by atoms with van der Waals surface area (Å²) in [6.07, 6.45) is -3.97. The van der Waals surface area contributed by atoms with Crippen molar-refractivity contribution in [1.82, 2.24) is 20.4 Å². The highest BCUT2D eigenvalue weighted by atomic mass is 19.4. The molecule has 2 amide bonds. The van der Waals surface area contributed by atoms with Gasteiger partial charge in [-0.2, -0.15) is 18.3 Å². The molecule has 0 bridgehead atoms. The van der Waals surface area contributed by atoms with Crippen LogP contribution in [0.3, 0.4) is 0 Å². The van der Waals surface area contributed by atoms with Crippen molar-refractivity contribution in [2.45, 2.75) is 32.0 Å². The molecule has 0 saturated carbocycles. The van der Waals surface area contributed by atoms with Gasteiger partial charge in [0.15, 0.2) is 5.69 Å². The van der Waals surface area contributed by atoms with E-state index in [2.05, 4.69) is 10.4 Å². The van der Waals surface area contributed by atoms with Crippen LogP contribution in [0.4, 0.5) is 18.0 Å². The lowest BCUT2D eigenvalue weighted by Gasteiger charge is -2.31.